The minimum Gasteiger partial charge on any atom is -0.292 e. The predicted octanol–water partition coefficient (Wildman–Crippen LogP) is 2.46. The number of hydrogen-bond acceptors (Lipinski definition) is 3. The average molecular weight is 241 g/mol. The number of aryl methyl sites for hydroxylation is 1. The quantitative estimate of drug-likeness (QED) is 0.758. The van der Waals surface area contributed by atoms with Crippen molar-refractivity contribution in [2.75, 3.05) is 0 Å². The van der Waals surface area contributed by atoms with Crippen LogP contribution in [-0.2, 0) is 11.2 Å². The Balaban J connectivity index is 2.71. The molecule has 0 aromatic carbocycles. The highest BCUT2D eigenvalue weighted by Crippen LogP contribution is 2.25. The van der Waals surface area contributed by atoms with E-state index in [9.17, 15) is 22.4 Å². The first-order valence-corrected chi connectivity index (χ1v) is 4.82. The molecule has 0 fully saturated rings. The van der Waals surface area contributed by atoms with E-state index in [2.05, 4.69) is 4.98 Å². The van der Waals surface area contributed by atoms with Crippen molar-refractivity contribution < 1.29 is 22.4 Å². The van der Waals surface area contributed by atoms with E-state index in [0.717, 1.165) is 0 Å². The van der Waals surface area contributed by atoms with Gasteiger partial charge in [0.1, 0.15) is 0 Å². The molecule has 1 aromatic heterocycles. The summed E-state index contributed by atoms with van der Waals surface area (Å²) in [7, 11) is 0. The van der Waals surface area contributed by atoms with Crippen molar-refractivity contribution in [2.45, 2.75) is 25.7 Å². The molecule has 1 aromatic rings. The van der Waals surface area contributed by atoms with Gasteiger partial charge in [-0.2, -0.15) is 8.78 Å². The van der Waals surface area contributed by atoms with Gasteiger partial charge in [-0.3, -0.25) is 4.79 Å². The first-order valence-electron chi connectivity index (χ1n) is 3.94. The van der Waals surface area contributed by atoms with Crippen LogP contribution in [0.25, 0.3) is 0 Å². The molecular formula is C8H7F4NOS. The molecule has 2 nitrogen and oxygen atoms in total. The maximum atomic E-state index is 12.5. The van der Waals surface area contributed by atoms with Crippen LogP contribution in [0.15, 0.2) is 5.38 Å². The van der Waals surface area contributed by atoms with Crippen molar-refractivity contribution in [3.05, 3.63) is 16.1 Å². The predicted molar refractivity (Wildman–Crippen MR) is 46.5 cm³/mol. The van der Waals surface area contributed by atoms with Gasteiger partial charge in [0.05, 0.1) is 17.1 Å². The second-order valence-electron chi connectivity index (χ2n) is 2.88. The maximum absolute atomic E-state index is 12.5. The SMILES string of the molecule is Cc1nc(CC(=O)C(F)(F)C(F)F)cs1. The van der Waals surface area contributed by atoms with Crippen molar-refractivity contribution >= 4 is 17.1 Å². The highest BCUT2D eigenvalue weighted by Gasteiger charge is 2.48. The fourth-order valence-corrected chi connectivity index (χ4v) is 1.51. The second-order valence-corrected chi connectivity index (χ2v) is 3.94. The van der Waals surface area contributed by atoms with E-state index in [4.69, 9.17) is 0 Å². The minimum absolute atomic E-state index is 0.0998. The van der Waals surface area contributed by atoms with Crippen molar-refractivity contribution in [1.29, 1.82) is 0 Å². The molecule has 0 saturated carbocycles. The molecular weight excluding hydrogens is 234 g/mol. The Morgan fingerprint density at radius 2 is 2.20 bits per heavy atom. The first-order chi connectivity index (χ1) is 6.84. The molecule has 0 spiro atoms. The Bertz CT molecular complexity index is 363. The van der Waals surface area contributed by atoms with Crippen LogP contribution in [0, 0.1) is 6.92 Å². The van der Waals surface area contributed by atoms with Crippen LogP contribution in [-0.4, -0.2) is 23.1 Å². The number of Topliss-reactive ketones (excluding diaryl/α,β-unsaturated/α-hetero) is 1. The summed E-state index contributed by atoms with van der Waals surface area (Å²) in [5, 5.41) is 1.99. The van der Waals surface area contributed by atoms with E-state index in [1.165, 1.54) is 16.7 Å². The first kappa shape index (κ1) is 12.1. The van der Waals surface area contributed by atoms with Gasteiger partial charge in [-0.05, 0) is 6.92 Å². The van der Waals surface area contributed by atoms with Crippen molar-refractivity contribution in [3.63, 3.8) is 0 Å². The molecule has 7 heteroatoms. The molecule has 0 N–H and O–H groups in total. The van der Waals surface area contributed by atoms with Crippen LogP contribution in [0.2, 0.25) is 0 Å². The second kappa shape index (κ2) is 4.26. The summed E-state index contributed by atoms with van der Waals surface area (Å²) in [5.74, 6) is -6.39. The number of rotatable bonds is 4. The van der Waals surface area contributed by atoms with Gasteiger partial charge >= 0.3 is 12.3 Å². The summed E-state index contributed by atoms with van der Waals surface area (Å²) in [6.45, 7) is 1.63. The van der Waals surface area contributed by atoms with Crippen LogP contribution >= 0.6 is 11.3 Å². The molecule has 84 valence electrons. The smallest absolute Gasteiger partial charge is 0.292 e. The van der Waals surface area contributed by atoms with Crippen molar-refractivity contribution in [3.8, 4) is 0 Å². The molecule has 0 bridgehead atoms. The minimum atomic E-state index is -4.59. The molecule has 1 heterocycles. The van der Waals surface area contributed by atoms with Crippen LogP contribution in [0.4, 0.5) is 17.6 Å². The van der Waals surface area contributed by atoms with E-state index in [1.54, 1.807) is 6.92 Å². The monoisotopic (exact) mass is 241 g/mol. The highest BCUT2D eigenvalue weighted by molar-refractivity contribution is 7.09. The van der Waals surface area contributed by atoms with E-state index in [-0.39, 0.29) is 5.69 Å². The van der Waals surface area contributed by atoms with Gasteiger partial charge < -0.3 is 0 Å². The van der Waals surface area contributed by atoms with Crippen LogP contribution in [0.5, 0.6) is 0 Å². The zero-order valence-electron chi connectivity index (χ0n) is 7.64. The molecule has 0 aliphatic rings. The lowest BCUT2D eigenvalue weighted by Gasteiger charge is -2.12. The Hall–Kier alpha value is -0.980. The Kier molecular flexibility index (Phi) is 3.43. The number of carbonyl (C=O) groups is 1. The molecule has 0 unspecified atom stereocenters. The molecule has 0 aliphatic heterocycles. The zero-order chi connectivity index (χ0) is 11.6. The standard InChI is InChI=1S/C8H7F4NOS/c1-4-13-5(3-15-4)2-6(14)8(11,12)7(9)10/h3,7H,2H2,1H3. The van der Waals surface area contributed by atoms with Gasteiger partial charge in [0.25, 0.3) is 0 Å². The number of thiazole rings is 1. The summed E-state index contributed by atoms with van der Waals surface area (Å²) in [6, 6.07) is 0. The molecule has 15 heavy (non-hydrogen) atoms. The summed E-state index contributed by atoms with van der Waals surface area (Å²) in [6.07, 6.45) is -4.73. The van der Waals surface area contributed by atoms with Crippen molar-refractivity contribution in [2.24, 2.45) is 0 Å². The third-order valence-electron chi connectivity index (χ3n) is 1.65. The zero-order valence-corrected chi connectivity index (χ0v) is 8.45. The third kappa shape index (κ3) is 2.74. The lowest BCUT2D eigenvalue weighted by atomic mass is 10.1. The number of nitrogens with zero attached hydrogens (tertiary/aromatic N) is 1. The average Bonchev–Trinajstić information content (AvgIpc) is 2.50. The van der Waals surface area contributed by atoms with Crippen molar-refractivity contribution in [1.82, 2.24) is 4.98 Å². The van der Waals surface area contributed by atoms with Crippen LogP contribution in [0.3, 0.4) is 0 Å². The van der Waals surface area contributed by atoms with Gasteiger partial charge in [-0.1, -0.05) is 0 Å². The van der Waals surface area contributed by atoms with Crippen LogP contribution < -0.4 is 0 Å². The molecule has 1 rings (SSSR count). The number of hydrogen-bond donors (Lipinski definition) is 0. The number of carbonyl (C=O) groups excluding carboxylic acids is 1. The summed E-state index contributed by atoms with van der Waals surface area (Å²) < 4.78 is 48.6. The molecule has 0 atom stereocenters. The number of halogens is 4. The van der Waals surface area contributed by atoms with E-state index in [1.807, 2.05) is 0 Å². The molecule has 0 radical (unpaired) electrons. The summed E-state index contributed by atoms with van der Waals surface area (Å²) in [5.41, 5.74) is 0.0998. The topological polar surface area (TPSA) is 30.0 Å². The lowest BCUT2D eigenvalue weighted by Crippen LogP contribution is -2.37. The van der Waals surface area contributed by atoms with Crippen LogP contribution in [0.1, 0.15) is 10.7 Å². The Morgan fingerprint density at radius 1 is 1.60 bits per heavy atom. The lowest BCUT2D eigenvalue weighted by molar-refractivity contribution is -0.166. The van der Waals surface area contributed by atoms with Gasteiger partial charge in [-0.25, -0.2) is 13.8 Å². The largest absolute Gasteiger partial charge is 0.364 e. The Labute approximate surface area is 86.9 Å². The molecule has 0 aliphatic carbocycles. The maximum Gasteiger partial charge on any atom is 0.364 e. The van der Waals surface area contributed by atoms with E-state index >= 15 is 0 Å². The highest BCUT2D eigenvalue weighted by atomic mass is 32.1. The number of aromatic nitrogens is 1. The summed E-state index contributed by atoms with van der Waals surface area (Å²) in [4.78, 5) is 14.6. The summed E-state index contributed by atoms with van der Waals surface area (Å²) >= 11 is 1.17. The number of alkyl halides is 4. The van der Waals surface area contributed by atoms with E-state index in [0.29, 0.717) is 5.01 Å². The molecule has 0 saturated heterocycles. The van der Waals surface area contributed by atoms with E-state index < -0.39 is 24.6 Å². The normalized spacial score (nSPS) is 12.1. The van der Waals surface area contributed by atoms with Gasteiger partial charge in [0, 0.05) is 5.38 Å². The fourth-order valence-electron chi connectivity index (χ4n) is 0.893. The fraction of sp³-hybridized carbons (Fsp3) is 0.500. The number of ketones is 1. The Morgan fingerprint density at radius 3 is 2.60 bits per heavy atom. The van der Waals surface area contributed by atoms with Gasteiger partial charge in [0.15, 0.2) is 0 Å². The molecule has 0 amide bonds. The van der Waals surface area contributed by atoms with Gasteiger partial charge in [0.2, 0.25) is 5.78 Å². The third-order valence-corrected chi connectivity index (χ3v) is 2.48. The van der Waals surface area contributed by atoms with Gasteiger partial charge in [-0.15, -0.1) is 11.3 Å².